The summed E-state index contributed by atoms with van der Waals surface area (Å²) in [7, 11) is 0. The fourth-order valence-electron chi connectivity index (χ4n) is 2.58. The van der Waals surface area contributed by atoms with Crippen LogP contribution < -0.4 is 5.32 Å². The Kier molecular flexibility index (Phi) is 2.69. The van der Waals surface area contributed by atoms with Crippen molar-refractivity contribution in [2.75, 3.05) is 0 Å². The van der Waals surface area contributed by atoms with E-state index in [4.69, 9.17) is 0 Å². The molecule has 2 aliphatic rings. The lowest BCUT2D eigenvalue weighted by Crippen LogP contribution is -2.12. The van der Waals surface area contributed by atoms with Crippen LogP contribution in [0.5, 0.6) is 0 Å². The van der Waals surface area contributed by atoms with Gasteiger partial charge in [-0.15, -0.1) is 0 Å². The highest BCUT2D eigenvalue weighted by Gasteiger charge is 2.29. The number of ketones is 1. The van der Waals surface area contributed by atoms with Crippen molar-refractivity contribution < 1.29 is 9.59 Å². The van der Waals surface area contributed by atoms with Crippen molar-refractivity contribution in [2.24, 2.45) is 5.92 Å². The zero-order valence-corrected chi connectivity index (χ0v) is 10.6. The Morgan fingerprint density at radius 3 is 2.89 bits per heavy atom. The third-order valence-electron chi connectivity index (χ3n) is 3.92. The molecule has 1 amide bonds. The summed E-state index contributed by atoms with van der Waals surface area (Å²) in [4.78, 5) is 23.3. The maximum atomic E-state index is 11.7. The van der Waals surface area contributed by atoms with Crippen LogP contribution >= 0.6 is 0 Å². The van der Waals surface area contributed by atoms with Gasteiger partial charge in [0, 0.05) is 24.4 Å². The first-order valence-electron chi connectivity index (χ1n) is 6.58. The summed E-state index contributed by atoms with van der Waals surface area (Å²) < 4.78 is 0. The van der Waals surface area contributed by atoms with Gasteiger partial charge >= 0.3 is 0 Å². The molecule has 3 nitrogen and oxygen atoms in total. The number of hydrogen-bond acceptors (Lipinski definition) is 2. The molecule has 1 saturated carbocycles. The molecule has 3 heteroatoms. The Bertz CT molecular complexity index is 530. The zero-order valence-electron chi connectivity index (χ0n) is 10.6. The van der Waals surface area contributed by atoms with E-state index < -0.39 is 0 Å². The topological polar surface area (TPSA) is 46.2 Å². The molecule has 1 N–H and O–H groups in total. The number of carbonyl (C=O) groups excluding carboxylic acids is 2. The number of fused-ring (bicyclic) bond motifs is 1. The van der Waals surface area contributed by atoms with Crippen LogP contribution in [0.3, 0.4) is 0 Å². The van der Waals surface area contributed by atoms with Gasteiger partial charge in [-0.05, 0) is 48.9 Å². The Hall–Kier alpha value is -1.64. The van der Waals surface area contributed by atoms with Gasteiger partial charge in [-0.1, -0.05) is 6.07 Å². The standard InChI is InChI=1S/C15H17NO2/c1-9-6-12-8-16-15(18)13(12)7-11(9)4-5-14(17)10-2-3-10/h6-7,10H,2-5,8H2,1H3,(H,16,18). The molecular formula is C15H17NO2. The van der Waals surface area contributed by atoms with Crippen molar-refractivity contribution in [3.8, 4) is 0 Å². The highest BCUT2D eigenvalue weighted by molar-refractivity contribution is 5.98. The highest BCUT2D eigenvalue weighted by Crippen LogP contribution is 2.31. The fourth-order valence-corrected chi connectivity index (χ4v) is 2.58. The van der Waals surface area contributed by atoms with Crippen molar-refractivity contribution in [3.63, 3.8) is 0 Å². The Morgan fingerprint density at radius 2 is 2.17 bits per heavy atom. The predicted molar refractivity (Wildman–Crippen MR) is 68.4 cm³/mol. The maximum Gasteiger partial charge on any atom is 0.251 e. The van der Waals surface area contributed by atoms with E-state index in [0.29, 0.717) is 24.7 Å². The summed E-state index contributed by atoms with van der Waals surface area (Å²) in [5.74, 6) is 0.738. The first-order chi connectivity index (χ1) is 8.65. The molecule has 0 bridgehead atoms. The lowest BCUT2D eigenvalue weighted by Gasteiger charge is -2.07. The molecule has 0 saturated heterocycles. The van der Waals surface area contributed by atoms with Crippen molar-refractivity contribution in [1.82, 2.24) is 5.32 Å². The molecule has 0 radical (unpaired) electrons. The van der Waals surface area contributed by atoms with Crippen LogP contribution in [0.15, 0.2) is 12.1 Å². The molecule has 0 spiro atoms. The second-order valence-corrected chi connectivity index (χ2v) is 5.36. The first kappa shape index (κ1) is 11.5. The van der Waals surface area contributed by atoms with Crippen LogP contribution in [-0.2, 0) is 17.8 Å². The second kappa shape index (κ2) is 4.23. The van der Waals surface area contributed by atoms with Crippen molar-refractivity contribution in [3.05, 3.63) is 34.4 Å². The third kappa shape index (κ3) is 2.05. The van der Waals surface area contributed by atoms with E-state index >= 15 is 0 Å². The molecular weight excluding hydrogens is 226 g/mol. The number of nitrogens with one attached hydrogen (secondary N) is 1. The number of rotatable bonds is 4. The Labute approximate surface area is 107 Å². The summed E-state index contributed by atoms with van der Waals surface area (Å²) in [6.07, 6.45) is 3.53. The van der Waals surface area contributed by atoms with Gasteiger partial charge in [-0.25, -0.2) is 0 Å². The van der Waals surface area contributed by atoms with Gasteiger partial charge in [0.05, 0.1) is 0 Å². The van der Waals surface area contributed by atoms with E-state index in [-0.39, 0.29) is 5.91 Å². The number of benzene rings is 1. The Balaban J connectivity index is 1.77. The minimum absolute atomic E-state index is 0.0137. The van der Waals surface area contributed by atoms with E-state index in [1.165, 1.54) is 5.56 Å². The van der Waals surface area contributed by atoms with E-state index in [0.717, 1.165) is 36.0 Å². The molecule has 0 unspecified atom stereocenters. The van der Waals surface area contributed by atoms with Crippen LogP contribution in [-0.4, -0.2) is 11.7 Å². The van der Waals surface area contributed by atoms with Crippen LogP contribution in [0.1, 0.15) is 46.3 Å². The third-order valence-corrected chi connectivity index (χ3v) is 3.92. The van der Waals surface area contributed by atoms with E-state index in [2.05, 4.69) is 18.3 Å². The monoisotopic (exact) mass is 243 g/mol. The summed E-state index contributed by atoms with van der Waals surface area (Å²) in [5, 5.41) is 2.83. The molecule has 3 rings (SSSR count). The molecule has 0 atom stereocenters. The minimum atomic E-state index is 0.0137. The molecule has 1 aliphatic heterocycles. The summed E-state index contributed by atoms with van der Waals surface area (Å²) in [6, 6.07) is 4.04. The van der Waals surface area contributed by atoms with Gasteiger partial charge in [0.1, 0.15) is 5.78 Å². The molecule has 1 aromatic carbocycles. The highest BCUT2D eigenvalue weighted by atomic mass is 16.2. The molecule has 1 fully saturated rings. The number of hydrogen-bond donors (Lipinski definition) is 1. The van der Waals surface area contributed by atoms with Gasteiger partial charge in [0.25, 0.3) is 5.91 Å². The second-order valence-electron chi connectivity index (χ2n) is 5.36. The predicted octanol–water partition coefficient (Wildman–Crippen LogP) is 2.15. The average Bonchev–Trinajstić information content (AvgIpc) is 3.13. The first-order valence-corrected chi connectivity index (χ1v) is 6.58. The van der Waals surface area contributed by atoms with Crippen LogP contribution in [0.25, 0.3) is 0 Å². The fraction of sp³-hybridized carbons (Fsp3) is 0.467. The molecule has 18 heavy (non-hydrogen) atoms. The number of carbonyl (C=O) groups is 2. The normalized spacial score (nSPS) is 17.5. The van der Waals surface area contributed by atoms with Crippen molar-refractivity contribution in [2.45, 2.75) is 39.2 Å². The summed E-state index contributed by atoms with van der Waals surface area (Å²) >= 11 is 0. The lowest BCUT2D eigenvalue weighted by atomic mass is 9.96. The zero-order chi connectivity index (χ0) is 12.7. The van der Waals surface area contributed by atoms with Gasteiger partial charge in [-0.3, -0.25) is 9.59 Å². The molecule has 1 aromatic rings. The summed E-state index contributed by atoms with van der Waals surface area (Å²) in [6.45, 7) is 2.69. The van der Waals surface area contributed by atoms with Crippen LogP contribution in [0.2, 0.25) is 0 Å². The Morgan fingerprint density at radius 1 is 1.39 bits per heavy atom. The molecule has 1 aliphatic carbocycles. The van der Waals surface area contributed by atoms with Gasteiger partial charge in [0.2, 0.25) is 0 Å². The smallest absolute Gasteiger partial charge is 0.251 e. The number of Topliss-reactive ketones (excluding diaryl/α,β-unsaturated/α-hetero) is 1. The van der Waals surface area contributed by atoms with Gasteiger partial charge in [-0.2, -0.15) is 0 Å². The minimum Gasteiger partial charge on any atom is -0.348 e. The van der Waals surface area contributed by atoms with Gasteiger partial charge < -0.3 is 5.32 Å². The van der Waals surface area contributed by atoms with E-state index in [9.17, 15) is 9.59 Å². The van der Waals surface area contributed by atoms with E-state index in [1.54, 1.807) is 0 Å². The van der Waals surface area contributed by atoms with Crippen molar-refractivity contribution in [1.29, 1.82) is 0 Å². The SMILES string of the molecule is Cc1cc2c(cc1CCC(=O)C1CC1)C(=O)NC2. The summed E-state index contributed by atoms with van der Waals surface area (Å²) in [5.41, 5.74) is 4.19. The quantitative estimate of drug-likeness (QED) is 0.880. The number of aryl methyl sites for hydroxylation is 2. The van der Waals surface area contributed by atoms with Gasteiger partial charge in [0.15, 0.2) is 0 Å². The molecule has 0 aromatic heterocycles. The van der Waals surface area contributed by atoms with Crippen LogP contribution in [0.4, 0.5) is 0 Å². The van der Waals surface area contributed by atoms with Crippen LogP contribution in [0, 0.1) is 12.8 Å². The largest absolute Gasteiger partial charge is 0.348 e. The maximum absolute atomic E-state index is 11.7. The number of amides is 1. The molecule has 1 heterocycles. The molecule has 94 valence electrons. The average molecular weight is 243 g/mol. The van der Waals surface area contributed by atoms with Crippen molar-refractivity contribution >= 4 is 11.7 Å². The lowest BCUT2D eigenvalue weighted by molar-refractivity contribution is -0.120. The van der Waals surface area contributed by atoms with E-state index in [1.807, 2.05) is 6.07 Å².